The smallest absolute Gasteiger partial charge is 0.387 e. The van der Waals surface area contributed by atoms with Crippen LogP contribution < -0.4 is 9.47 Å². The van der Waals surface area contributed by atoms with Gasteiger partial charge in [0.05, 0.1) is 6.61 Å². The fourth-order valence-electron chi connectivity index (χ4n) is 5.22. The van der Waals surface area contributed by atoms with Gasteiger partial charge >= 0.3 is 6.61 Å². The van der Waals surface area contributed by atoms with Crippen LogP contribution in [0.2, 0.25) is 18.1 Å². The van der Waals surface area contributed by atoms with Crippen LogP contribution in [0.5, 0.6) is 11.5 Å². The van der Waals surface area contributed by atoms with Crippen LogP contribution in [0.3, 0.4) is 0 Å². The number of hydrogen-bond acceptors (Lipinski definition) is 2. The van der Waals surface area contributed by atoms with E-state index in [9.17, 15) is 17.6 Å². The van der Waals surface area contributed by atoms with Gasteiger partial charge in [0.1, 0.15) is 5.75 Å². The van der Waals surface area contributed by atoms with Crippen LogP contribution in [0, 0.1) is 29.4 Å². The monoisotopic (exact) mass is 432 g/mol. The molecule has 0 atom stereocenters. The number of ether oxygens (including phenoxy) is 2. The summed E-state index contributed by atoms with van der Waals surface area (Å²) in [4.78, 5) is 0. The number of benzene rings is 1. The quantitative estimate of drug-likeness (QED) is 0.332. The fourth-order valence-corrected chi connectivity index (χ4v) is 8.70. The first kappa shape index (κ1) is 22.4. The summed E-state index contributed by atoms with van der Waals surface area (Å²) >= 11 is 0. The Morgan fingerprint density at radius 2 is 1.55 bits per heavy atom. The minimum Gasteiger partial charge on any atom is -0.493 e. The van der Waals surface area contributed by atoms with E-state index in [0.717, 1.165) is 36.8 Å². The van der Waals surface area contributed by atoms with Crippen LogP contribution in [-0.2, 0) is 0 Å². The normalized spacial score (nSPS) is 27.8. The van der Waals surface area contributed by atoms with E-state index in [1.54, 1.807) is 0 Å². The third kappa shape index (κ3) is 6.37. The zero-order valence-electron chi connectivity index (χ0n) is 17.1. The Kier molecular flexibility index (Phi) is 8.27. The molecule has 1 heterocycles. The van der Waals surface area contributed by atoms with Crippen LogP contribution in [0.25, 0.3) is 0 Å². The lowest BCUT2D eigenvalue weighted by molar-refractivity contribution is -0.0547. The predicted molar refractivity (Wildman–Crippen MR) is 109 cm³/mol. The fraction of sp³-hybridized carbons (Fsp3) is 0.727. The zero-order chi connectivity index (χ0) is 20.8. The Labute approximate surface area is 172 Å². The first-order chi connectivity index (χ1) is 14.0. The molecular formula is C22H32F4O2Si. The molecule has 3 rings (SSSR count). The Hall–Kier alpha value is -1.24. The van der Waals surface area contributed by atoms with Gasteiger partial charge < -0.3 is 9.47 Å². The Balaban J connectivity index is 1.42. The highest BCUT2D eigenvalue weighted by Gasteiger charge is 2.31. The summed E-state index contributed by atoms with van der Waals surface area (Å²) in [5, 5.41) is 0. The molecule has 0 N–H and O–H groups in total. The van der Waals surface area contributed by atoms with Crippen LogP contribution >= 0.6 is 0 Å². The summed E-state index contributed by atoms with van der Waals surface area (Å²) in [5.74, 6) is -1.31. The van der Waals surface area contributed by atoms with Gasteiger partial charge in [0.15, 0.2) is 17.4 Å². The molecule has 1 aliphatic carbocycles. The highest BCUT2D eigenvalue weighted by atomic mass is 28.3. The second kappa shape index (κ2) is 10.7. The van der Waals surface area contributed by atoms with Gasteiger partial charge in [-0.3, -0.25) is 0 Å². The lowest BCUT2D eigenvalue weighted by Crippen LogP contribution is -2.29. The molecule has 1 aromatic rings. The maximum absolute atomic E-state index is 13.8. The number of hydrogen-bond donors (Lipinski definition) is 0. The Morgan fingerprint density at radius 3 is 2.10 bits per heavy atom. The van der Waals surface area contributed by atoms with Gasteiger partial charge in [0.25, 0.3) is 0 Å². The molecule has 0 radical (unpaired) electrons. The van der Waals surface area contributed by atoms with Crippen molar-refractivity contribution in [1.82, 2.24) is 0 Å². The molecular weight excluding hydrogens is 400 g/mol. The summed E-state index contributed by atoms with van der Waals surface area (Å²) < 4.78 is 61.5. The van der Waals surface area contributed by atoms with Crippen molar-refractivity contribution in [3.05, 3.63) is 23.8 Å². The molecule has 7 heteroatoms. The van der Waals surface area contributed by atoms with Gasteiger partial charge in [0.2, 0.25) is 0 Å². The number of halogens is 4. The molecule has 0 amide bonds. The second-order valence-corrected chi connectivity index (χ2v) is 12.2. The summed E-state index contributed by atoms with van der Waals surface area (Å²) in [7, 11) is -0.430. The van der Waals surface area contributed by atoms with Crippen molar-refractivity contribution in [2.45, 2.75) is 76.6 Å². The van der Waals surface area contributed by atoms with Crippen molar-refractivity contribution in [2.24, 2.45) is 17.8 Å². The number of rotatable bonds is 8. The van der Waals surface area contributed by atoms with Gasteiger partial charge in [-0.2, -0.15) is 8.78 Å². The molecule has 0 spiro atoms. The molecule has 0 bridgehead atoms. The van der Waals surface area contributed by atoms with Crippen molar-refractivity contribution in [1.29, 1.82) is 0 Å². The molecule has 0 aromatic heterocycles. The van der Waals surface area contributed by atoms with Gasteiger partial charge in [-0.25, -0.2) is 8.78 Å². The molecule has 0 unspecified atom stereocenters. The molecule has 2 aliphatic rings. The summed E-state index contributed by atoms with van der Waals surface area (Å²) in [6, 6.07) is 6.36. The van der Waals surface area contributed by atoms with Gasteiger partial charge in [-0.05, 0) is 43.4 Å². The van der Waals surface area contributed by atoms with Gasteiger partial charge in [-0.15, -0.1) is 0 Å². The average molecular weight is 433 g/mol. The highest BCUT2D eigenvalue weighted by molar-refractivity contribution is 6.58. The summed E-state index contributed by atoms with van der Waals surface area (Å²) in [6.45, 7) is -0.571. The van der Waals surface area contributed by atoms with Gasteiger partial charge in [-0.1, -0.05) is 44.3 Å². The molecule has 29 heavy (non-hydrogen) atoms. The zero-order valence-corrected chi connectivity index (χ0v) is 18.3. The molecule has 2 fully saturated rings. The third-order valence-corrected chi connectivity index (χ3v) is 10.5. The van der Waals surface area contributed by atoms with E-state index in [1.807, 2.05) is 0 Å². The van der Waals surface area contributed by atoms with E-state index in [2.05, 4.69) is 11.7 Å². The van der Waals surface area contributed by atoms with E-state index >= 15 is 0 Å². The van der Waals surface area contributed by atoms with Gasteiger partial charge in [0, 0.05) is 20.9 Å². The average Bonchev–Trinajstić information content (AvgIpc) is 2.70. The topological polar surface area (TPSA) is 18.5 Å². The minimum absolute atomic E-state index is 0.0166. The lowest BCUT2D eigenvalue weighted by atomic mass is 9.74. The maximum Gasteiger partial charge on any atom is 0.387 e. The van der Waals surface area contributed by atoms with Crippen LogP contribution in [0.4, 0.5) is 17.6 Å². The van der Waals surface area contributed by atoms with E-state index in [1.165, 1.54) is 50.2 Å². The Morgan fingerprint density at radius 1 is 0.966 bits per heavy atom. The molecule has 1 saturated heterocycles. The standard InChI is InChI=1S/C22H32F4O2Si/c1-2-9-29-10-7-17(8-11-29)16-5-3-15(4-6-16)14-27-18-12-19(23)21(20(24)13-18)28-22(25)26/h12-13,15-17,22,29H,2-11,14H2,1H3/t15-,16-,17?,29?. The first-order valence-corrected chi connectivity index (χ1v) is 13.5. The van der Waals surface area contributed by atoms with Crippen molar-refractivity contribution < 1.29 is 27.0 Å². The highest BCUT2D eigenvalue weighted by Crippen LogP contribution is 2.41. The largest absolute Gasteiger partial charge is 0.493 e. The van der Waals surface area contributed by atoms with Crippen molar-refractivity contribution in [3.63, 3.8) is 0 Å². The molecule has 1 aliphatic heterocycles. The first-order valence-electron chi connectivity index (χ1n) is 11.0. The van der Waals surface area contributed by atoms with Crippen molar-refractivity contribution in [2.75, 3.05) is 6.61 Å². The van der Waals surface area contributed by atoms with Crippen molar-refractivity contribution >= 4 is 8.80 Å². The van der Waals surface area contributed by atoms with Crippen molar-refractivity contribution in [3.8, 4) is 11.5 Å². The van der Waals surface area contributed by atoms with E-state index in [0.29, 0.717) is 12.5 Å². The maximum atomic E-state index is 13.8. The SMILES string of the molecule is CCC[SiH]1CCC([C@H]2CC[C@H](COc3cc(F)c(OC(F)F)c(F)c3)CC2)CC1. The summed E-state index contributed by atoms with van der Waals surface area (Å²) in [6.07, 6.45) is 8.78. The van der Waals surface area contributed by atoms with E-state index in [-0.39, 0.29) is 5.75 Å². The second-order valence-electron chi connectivity index (χ2n) is 8.76. The molecule has 1 aromatic carbocycles. The van der Waals surface area contributed by atoms with Crippen LogP contribution in [0.15, 0.2) is 12.1 Å². The molecule has 164 valence electrons. The minimum atomic E-state index is -3.27. The van der Waals surface area contributed by atoms with E-state index < -0.39 is 32.8 Å². The van der Waals surface area contributed by atoms with Crippen LogP contribution in [0.1, 0.15) is 51.9 Å². The Bertz CT molecular complexity index is 619. The van der Waals surface area contributed by atoms with E-state index in [4.69, 9.17) is 4.74 Å². The molecule has 2 nitrogen and oxygen atoms in total. The molecule has 1 saturated carbocycles. The predicted octanol–water partition coefficient (Wildman–Crippen LogP) is 6.80. The third-order valence-electron chi connectivity index (χ3n) is 6.81. The number of alkyl halides is 2. The lowest BCUT2D eigenvalue weighted by Gasteiger charge is -2.37. The summed E-state index contributed by atoms with van der Waals surface area (Å²) in [5.41, 5.74) is 0. The van der Waals surface area contributed by atoms with Crippen LogP contribution in [-0.4, -0.2) is 22.0 Å².